The average Bonchev–Trinajstić information content (AvgIpc) is 2.42. The number of benzene rings is 1. The van der Waals surface area contributed by atoms with Crippen molar-refractivity contribution >= 4 is 17.5 Å². The van der Waals surface area contributed by atoms with Crippen LogP contribution in [0.5, 0.6) is 0 Å². The van der Waals surface area contributed by atoms with Gasteiger partial charge in [0, 0.05) is 24.0 Å². The van der Waals surface area contributed by atoms with E-state index in [9.17, 15) is 9.18 Å². The average molecular weight is 279 g/mol. The van der Waals surface area contributed by atoms with Crippen molar-refractivity contribution < 1.29 is 9.18 Å². The fourth-order valence-corrected chi connectivity index (χ4v) is 1.90. The maximum Gasteiger partial charge on any atom is 0.252 e. The van der Waals surface area contributed by atoms with Crippen molar-refractivity contribution in [1.29, 1.82) is 0 Å². The number of nitrogens with one attached hydrogen (secondary N) is 1. The van der Waals surface area contributed by atoms with Gasteiger partial charge in [0.25, 0.3) is 5.91 Å². The zero-order valence-electron chi connectivity index (χ0n) is 10.1. The maximum absolute atomic E-state index is 12.9. The number of nitrogens with zero attached hydrogens (tertiary/aromatic N) is 1. The number of hydrogen-bond donors (Lipinski definition) is 1. The highest BCUT2D eigenvalue weighted by molar-refractivity contribution is 6.31. The van der Waals surface area contributed by atoms with Crippen LogP contribution in [0, 0.1) is 5.82 Å². The number of aromatic nitrogens is 1. The largest absolute Gasteiger partial charge is 0.352 e. The fraction of sp³-hybridized carbons (Fsp3) is 0.143. The first kappa shape index (κ1) is 13.5. The van der Waals surface area contributed by atoms with Crippen molar-refractivity contribution in [3.8, 4) is 0 Å². The molecule has 0 saturated heterocycles. The molecule has 19 heavy (non-hydrogen) atoms. The first-order chi connectivity index (χ1) is 9.16. The summed E-state index contributed by atoms with van der Waals surface area (Å²) in [6.45, 7) is 0.430. The van der Waals surface area contributed by atoms with Crippen LogP contribution in [0.2, 0.25) is 5.02 Å². The summed E-state index contributed by atoms with van der Waals surface area (Å²) in [5, 5.41) is 3.13. The van der Waals surface area contributed by atoms with E-state index in [0.29, 0.717) is 23.6 Å². The zero-order chi connectivity index (χ0) is 13.7. The van der Waals surface area contributed by atoms with E-state index in [-0.39, 0.29) is 11.7 Å². The molecule has 2 rings (SSSR count). The van der Waals surface area contributed by atoms with Gasteiger partial charge in [-0.3, -0.25) is 9.78 Å². The van der Waals surface area contributed by atoms with E-state index < -0.39 is 0 Å². The molecule has 0 unspecified atom stereocenters. The van der Waals surface area contributed by atoms with Gasteiger partial charge in [-0.25, -0.2) is 4.39 Å². The lowest BCUT2D eigenvalue weighted by molar-refractivity contribution is 0.0954. The number of amides is 1. The lowest BCUT2D eigenvalue weighted by Crippen LogP contribution is -2.25. The van der Waals surface area contributed by atoms with Crippen LogP contribution < -0.4 is 5.32 Å². The van der Waals surface area contributed by atoms with Gasteiger partial charge >= 0.3 is 0 Å². The molecule has 98 valence electrons. The van der Waals surface area contributed by atoms with Gasteiger partial charge in [-0.05, 0) is 36.2 Å². The number of halogens is 2. The van der Waals surface area contributed by atoms with Crippen molar-refractivity contribution in [2.75, 3.05) is 6.54 Å². The van der Waals surface area contributed by atoms with Crippen LogP contribution in [0.15, 0.2) is 42.7 Å². The van der Waals surface area contributed by atoms with Crippen LogP contribution in [0.4, 0.5) is 4.39 Å². The van der Waals surface area contributed by atoms with Gasteiger partial charge in [-0.15, -0.1) is 0 Å². The molecule has 0 fully saturated rings. The van der Waals surface area contributed by atoms with Crippen LogP contribution in [0.1, 0.15) is 15.9 Å². The SMILES string of the molecule is O=C(NCCc1ccc(F)cc1Cl)c1cccnc1. The third kappa shape index (κ3) is 3.76. The fourth-order valence-electron chi connectivity index (χ4n) is 1.63. The van der Waals surface area contributed by atoms with Gasteiger partial charge in [-0.2, -0.15) is 0 Å². The van der Waals surface area contributed by atoms with Crippen LogP contribution in [0.3, 0.4) is 0 Å². The second-order valence-electron chi connectivity index (χ2n) is 3.98. The molecule has 0 bridgehead atoms. The first-order valence-corrected chi connectivity index (χ1v) is 6.17. The predicted molar refractivity (Wildman–Crippen MR) is 71.7 cm³/mol. The topological polar surface area (TPSA) is 42.0 Å². The molecule has 0 aliphatic carbocycles. The van der Waals surface area contributed by atoms with Gasteiger partial charge in [0.1, 0.15) is 5.82 Å². The third-order valence-electron chi connectivity index (χ3n) is 2.62. The molecule has 1 heterocycles. The van der Waals surface area contributed by atoms with E-state index in [1.54, 1.807) is 24.4 Å². The Balaban J connectivity index is 1.88. The Hall–Kier alpha value is -1.94. The minimum Gasteiger partial charge on any atom is -0.352 e. The van der Waals surface area contributed by atoms with E-state index in [1.807, 2.05) is 0 Å². The van der Waals surface area contributed by atoms with Crippen LogP contribution in [0.25, 0.3) is 0 Å². The number of carbonyl (C=O) groups is 1. The number of pyridine rings is 1. The minimum absolute atomic E-state index is 0.189. The molecule has 1 aromatic heterocycles. The quantitative estimate of drug-likeness (QED) is 0.934. The second kappa shape index (κ2) is 6.29. The van der Waals surface area contributed by atoms with E-state index in [1.165, 1.54) is 18.3 Å². The first-order valence-electron chi connectivity index (χ1n) is 5.79. The highest BCUT2D eigenvalue weighted by Gasteiger charge is 2.06. The van der Waals surface area contributed by atoms with Crippen LogP contribution >= 0.6 is 11.6 Å². The van der Waals surface area contributed by atoms with Crippen molar-refractivity contribution in [3.63, 3.8) is 0 Å². The standard InChI is InChI=1S/C14H12ClFN2O/c15-13-8-12(16)4-3-10(13)5-7-18-14(19)11-2-1-6-17-9-11/h1-4,6,8-9H,5,7H2,(H,18,19). The Kier molecular flexibility index (Phi) is 4.47. The predicted octanol–water partition coefficient (Wildman–Crippen LogP) is 2.85. The number of hydrogen-bond acceptors (Lipinski definition) is 2. The van der Waals surface area contributed by atoms with E-state index in [0.717, 1.165) is 5.56 Å². The summed E-state index contributed by atoms with van der Waals surface area (Å²) in [7, 11) is 0. The molecule has 5 heteroatoms. The molecular formula is C14H12ClFN2O. The van der Waals surface area contributed by atoms with Crippen molar-refractivity contribution in [3.05, 3.63) is 64.7 Å². The Morgan fingerprint density at radius 2 is 2.21 bits per heavy atom. The van der Waals surface area contributed by atoms with E-state index in [4.69, 9.17) is 11.6 Å². The summed E-state index contributed by atoms with van der Waals surface area (Å²) in [6.07, 6.45) is 3.65. The van der Waals surface area contributed by atoms with Gasteiger partial charge in [0.05, 0.1) is 5.56 Å². The molecular weight excluding hydrogens is 267 g/mol. The van der Waals surface area contributed by atoms with E-state index in [2.05, 4.69) is 10.3 Å². The molecule has 1 aromatic carbocycles. The highest BCUT2D eigenvalue weighted by atomic mass is 35.5. The van der Waals surface area contributed by atoms with Crippen LogP contribution in [-0.2, 0) is 6.42 Å². The lowest BCUT2D eigenvalue weighted by atomic mass is 10.1. The van der Waals surface area contributed by atoms with E-state index >= 15 is 0 Å². The Morgan fingerprint density at radius 1 is 1.37 bits per heavy atom. The molecule has 0 aliphatic rings. The number of rotatable bonds is 4. The maximum atomic E-state index is 12.9. The Bertz CT molecular complexity index is 575. The summed E-state index contributed by atoms with van der Waals surface area (Å²) >= 11 is 5.90. The molecule has 0 atom stereocenters. The van der Waals surface area contributed by atoms with Crippen molar-refractivity contribution in [2.45, 2.75) is 6.42 Å². The Labute approximate surface area is 115 Å². The van der Waals surface area contributed by atoms with Crippen LogP contribution in [-0.4, -0.2) is 17.4 Å². The van der Waals surface area contributed by atoms with Crippen molar-refractivity contribution in [2.24, 2.45) is 0 Å². The molecule has 0 spiro atoms. The normalized spacial score (nSPS) is 10.2. The minimum atomic E-state index is -0.367. The van der Waals surface area contributed by atoms with Gasteiger partial charge in [-0.1, -0.05) is 17.7 Å². The smallest absolute Gasteiger partial charge is 0.252 e. The van der Waals surface area contributed by atoms with Gasteiger partial charge in [0.2, 0.25) is 0 Å². The summed E-state index contributed by atoms with van der Waals surface area (Å²) in [6, 6.07) is 7.62. The van der Waals surface area contributed by atoms with Gasteiger partial charge < -0.3 is 5.32 Å². The summed E-state index contributed by atoms with van der Waals surface area (Å²) in [4.78, 5) is 15.6. The molecule has 1 N–H and O–H groups in total. The van der Waals surface area contributed by atoms with Crippen molar-refractivity contribution in [1.82, 2.24) is 10.3 Å². The summed E-state index contributed by atoms with van der Waals surface area (Å²) in [5.41, 5.74) is 1.31. The second-order valence-corrected chi connectivity index (χ2v) is 4.39. The Morgan fingerprint density at radius 3 is 2.89 bits per heavy atom. The molecule has 1 amide bonds. The molecule has 2 aromatic rings. The lowest BCUT2D eigenvalue weighted by Gasteiger charge is -2.06. The monoisotopic (exact) mass is 278 g/mol. The summed E-state index contributed by atoms with van der Waals surface area (Å²) < 4.78 is 12.9. The highest BCUT2D eigenvalue weighted by Crippen LogP contribution is 2.17. The molecule has 3 nitrogen and oxygen atoms in total. The van der Waals surface area contributed by atoms with Gasteiger partial charge in [0.15, 0.2) is 0 Å². The zero-order valence-corrected chi connectivity index (χ0v) is 10.8. The number of carbonyl (C=O) groups excluding carboxylic acids is 1. The summed E-state index contributed by atoms with van der Waals surface area (Å²) in [5.74, 6) is -0.556. The molecule has 0 saturated carbocycles. The molecule has 0 radical (unpaired) electrons. The third-order valence-corrected chi connectivity index (χ3v) is 2.97. The molecule has 0 aliphatic heterocycles.